The number of aromatic nitrogens is 4. The lowest BCUT2D eigenvalue weighted by molar-refractivity contribution is -0.192. The van der Waals surface area contributed by atoms with Gasteiger partial charge in [0.2, 0.25) is 5.95 Å². The Hall–Kier alpha value is -2.59. The monoisotopic (exact) mass is 279 g/mol. The number of anilines is 1. The summed E-state index contributed by atoms with van der Waals surface area (Å²) in [6, 6.07) is 0. The molecule has 0 bridgehead atoms. The van der Waals surface area contributed by atoms with Crippen LogP contribution in [0.25, 0.3) is 11.2 Å². The highest BCUT2D eigenvalue weighted by molar-refractivity contribution is 5.73. The van der Waals surface area contributed by atoms with E-state index in [1.807, 2.05) is 0 Å². The van der Waals surface area contributed by atoms with Crippen molar-refractivity contribution in [2.75, 3.05) is 5.73 Å². The molecule has 0 saturated heterocycles. The van der Waals surface area contributed by atoms with Gasteiger partial charge in [-0.3, -0.25) is 9.36 Å². The molecule has 104 valence electrons. The Balaban J connectivity index is 0.000000224. The number of hydrogen-bond acceptors (Lipinski definition) is 5. The number of aliphatic carboxylic acids is 1. The first kappa shape index (κ1) is 14.5. The Morgan fingerprint density at radius 2 is 2.05 bits per heavy atom. The highest BCUT2D eigenvalue weighted by atomic mass is 19.4. The first-order chi connectivity index (χ1) is 8.64. The van der Waals surface area contributed by atoms with Crippen LogP contribution >= 0.6 is 0 Å². The van der Waals surface area contributed by atoms with E-state index in [-0.39, 0.29) is 11.5 Å². The summed E-state index contributed by atoms with van der Waals surface area (Å²) in [5, 5.41) is 7.12. The van der Waals surface area contributed by atoms with Gasteiger partial charge in [0.25, 0.3) is 5.56 Å². The van der Waals surface area contributed by atoms with Crippen LogP contribution in [0.3, 0.4) is 0 Å². The van der Waals surface area contributed by atoms with E-state index < -0.39 is 12.1 Å². The third-order valence-electron chi connectivity index (χ3n) is 1.94. The lowest BCUT2D eigenvalue weighted by Gasteiger charge is -1.99. The van der Waals surface area contributed by atoms with Crippen molar-refractivity contribution in [1.29, 1.82) is 0 Å². The molecule has 2 heterocycles. The van der Waals surface area contributed by atoms with Crippen LogP contribution in [0.5, 0.6) is 0 Å². The van der Waals surface area contributed by atoms with Gasteiger partial charge in [-0.2, -0.15) is 18.2 Å². The number of nitrogens with zero attached hydrogens (tertiary/aromatic N) is 3. The summed E-state index contributed by atoms with van der Waals surface area (Å²) in [6.45, 7) is 0. The Morgan fingerprint density at radius 1 is 1.53 bits per heavy atom. The minimum atomic E-state index is -5.08. The summed E-state index contributed by atoms with van der Waals surface area (Å²) in [4.78, 5) is 30.7. The average molecular weight is 279 g/mol. The zero-order valence-corrected chi connectivity index (χ0v) is 9.39. The lowest BCUT2D eigenvalue weighted by atomic mass is 10.5. The number of imidazole rings is 1. The van der Waals surface area contributed by atoms with E-state index in [2.05, 4.69) is 15.0 Å². The summed E-state index contributed by atoms with van der Waals surface area (Å²) in [6.07, 6.45) is -3.67. The molecule has 11 heteroatoms. The van der Waals surface area contributed by atoms with Crippen molar-refractivity contribution in [2.24, 2.45) is 7.05 Å². The van der Waals surface area contributed by atoms with Crippen molar-refractivity contribution in [2.45, 2.75) is 6.18 Å². The number of nitrogens with two attached hydrogens (primary N) is 1. The normalized spacial score (nSPS) is 10.9. The number of alkyl halides is 3. The van der Waals surface area contributed by atoms with Crippen LogP contribution < -0.4 is 11.3 Å². The van der Waals surface area contributed by atoms with Gasteiger partial charge in [0.15, 0.2) is 11.2 Å². The fraction of sp³-hybridized carbons (Fsp3) is 0.250. The van der Waals surface area contributed by atoms with Crippen LogP contribution in [0.1, 0.15) is 0 Å². The Labute approximate surface area is 102 Å². The molecule has 19 heavy (non-hydrogen) atoms. The summed E-state index contributed by atoms with van der Waals surface area (Å²) >= 11 is 0. The van der Waals surface area contributed by atoms with Gasteiger partial charge in [-0.15, -0.1) is 0 Å². The SMILES string of the molecule is Cn1c(N)nc2nc[nH]c2c1=O.O=C(O)C(F)(F)F. The Bertz CT molecular complexity index is 660. The zero-order chi connectivity index (χ0) is 14.8. The molecule has 0 radical (unpaired) electrons. The number of fused-ring (bicyclic) bond motifs is 1. The number of carboxylic acid groups (broad SMARTS) is 1. The number of rotatable bonds is 0. The number of carbonyl (C=O) groups is 1. The third kappa shape index (κ3) is 3.20. The van der Waals surface area contributed by atoms with Gasteiger partial charge < -0.3 is 15.8 Å². The van der Waals surface area contributed by atoms with Crippen LogP contribution in [-0.4, -0.2) is 36.8 Å². The van der Waals surface area contributed by atoms with Crippen LogP contribution in [0.2, 0.25) is 0 Å². The molecule has 4 N–H and O–H groups in total. The highest BCUT2D eigenvalue weighted by Gasteiger charge is 2.38. The second-order valence-corrected chi connectivity index (χ2v) is 3.24. The predicted octanol–water partition coefficient (Wildman–Crippen LogP) is -0.128. The second-order valence-electron chi connectivity index (χ2n) is 3.24. The van der Waals surface area contributed by atoms with Crippen LogP contribution in [0.15, 0.2) is 11.1 Å². The van der Waals surface area contributed by atoms with Crippen molar-refractivity contribution in [3.8, 4) is 0 Å². The van der Waals surface area contributed by atoms with Crippen molar-refractivity contribution < 1.29 is 23.1 Å². The molecule has 2 aromatic rings. The number of aromatic amines is 1. The molecule has 0 atom stereocenters. The maximum Gasteiger partial charge on any atom is 0.490 e. The minimum absolute atomic E-state index is 0.166. The maximum absolute atomic E-state index is 11.4. The average Bonchev–Trinajstić information content (AvgIpc) is 2.73. The van der Waals surface area contributed by atoms with Gasteiger partial charge in [-0.05, 0) is 0 Å². The van der Waals surface area contributed by atoms with E-state index in [4.69, 9.17) is 15.6 Å². The largest absolute Gasteiger partial charge is 0.490 e. The molecule has 0 amide bonds. The standard InChI is InChI=1S/C6H7N5O.C2HF3O2/c1-11-5(12)3-4(9-2-8-3)10-6(11)7;3-2(4,5)1(6)7/h2H,1H3,(H2,7,10)(H,8,9);(H,6,7). The molecular formula is C8H8F3N5O3. The van der Waals surface area contributed by atoms with Gasteiger partial charge in [0.1, 0.15) is 0 Å². The third-order valence-corrected chi connectivity index (χ3v) is 1.94. The fourth-order valence-corrected chi connectivity index (χ4v) is 0.984. The predicted molar refractivity (Wildman–Crippen MR) is 57.2 cm³/mol. The summed E-state index contributed by atoms with van der Waals surface area (Å²) in [7, 11) is 1.56. The molecule has 8 nitrogen and oxygen atoms in total. The van der Waals surface area contributed by atoms with Gasteiger partial charge in [0.05, 0.1) is 6.33 Å². The van der Waals surface area contributed by atoms with Crippen LogP contribution in [0, 0.1) is 0 Å². The van der Waals surface area contributed by atoms with Crippen molar-refractivity contribution in [1.82, 2.24) is 19.5 Å². The summed E-state index contributed by atoms with van der Waals surface area (Å²) in [5.74, 6) is -2.59. The quantitative estimate of drug-likeness (QED) is 0.616. The Morgan fingerprint density at radius 3 is 2.53 bits per heavy atom. The summed E-state index contributed by atoms with van der Waals surface area (Å²) < 4.78 is 33.0. The maximum atomic E-state index is 11.4. The topological polar surface area (TPSA) is 127 Å². The van der Waals surface area contributed by atoms with Crippen molar-refractivity contribution >= 4 is 23.1 Å². The molecule has 0 spiro atoms. The van der Waals surface area contributed by atoms with Crippen LogP contribution in [0.4, 0.5) is 19.1 Å². The molecule has 0 aliphatic rings. The number of halogens is 3. The van der Waals surface area contributed by atoms with Gasteiger partial charge >= 0.3 is 12.1 Å². The minimum Gasteiger partial charge on any atom is -0.475 e. The number of H-pyrrole nitrogens is 1. The molecule has 0 unspecified atom stereocenters. The molecular weight excluding hydrogens is 271 g/mol. The first-order valence-corrected chi connectivity index (χ1v) is 4.60. The van der Waals surface area contributed by atoms with E-state index in [0.29, 0.717) is 11.2 Å². The molecule has 2 rings (SSSR count). The van der Waals surface area contributed by atoms with Gasteiger partial charge in [0, 0.05) is 7.05 Å². The molecule has 0 saturated carbocycles. The van der Waals surface area contributed by atoms with Crippen molar-refractivity contribution in [3.05, 3.63) is 16.7 Å². The first-order valence-electron chi connectivity index (χ1n) is 4.60. The van der Waals surface area contributed by atoms with Gasteiger partial charge in [-0.25, -0.2) is 9.78 Å². The van der Waals surface area contributed by atoms with E-state index in [1.54, 1.807) is 7.05 Å². The van der Waals surface area contributed by atoms with E-state index in [0.717, 1.165) is 0 Å². The van der Waals surface area contributed by atoms with Crippen molar-refractivity contribution in [3.63, 3.8) is 0 Å². The Kier molecular flexibility index (Phi) is 3.77. The fourth-order valence-electron chi connectivity index (χ4n) is 0.984. The van der Waals surface area contributed by atoms with E-state index in [1.165, 1.54) is 10.9 Å². The second kappa shape index (κ2) is 4.96. The van der Waals surface area contributed by atoms with Crippen LogP contribution in [-0.2, 0) is 11.8 Å². The molecule has 0 aliphatic carbocycles. The zero-order valence-electron chi connectivity index (χ0n) is 9.39. The van der Waals surface area contributed by atoms with E-state index in [9.17, 15) is 18.0 Å². The molecule has 0 aromatic carbocycles. The number of nitrogens with one attached hydrogen (secondary N) is 1. The lowest BCUT2D eigenvalue weighted by Crippen LogP contribution is -2.21. The van der Waals surface area contributed by atoms with E-state index >= 15 is 0 Å². The highest BCUT2D eigenvalue weighted by Crippen LogP contribution is 2.13. The number of nitrogen functional groups attached to an aromatic ring is 1. The number of hydrogen-bond donors (Lipinski definition) is 3. The van der Waals surface area contributed by atoms with Gasteiger partial charge in [-0.1, -0.05) is 0 Å². The number of carboxylic acids is 1. The summed E-state index contributed by atoms with van der Waals surface area (Å²) in [5.41, 5.74) is 5.97. The molecule has 2 aromatic heterocycles. The smallest absolute Gasteiger partial charge is 0.475 e. The molecule has 0 aliphatic heterocycles. The molecule has 0 fully saturated rings.